The second-order valence-corrected chi connectivity index (χ2v) is 6.51. The molecule has 6 heteroatoms. The topological polar surface area (TPSA) is 46.2 Å². The second-order valence-electron chi connectivity index (χ2n) is 3.40. The normalized spacial score (nSPS) is 11.4. The summed E-state index contributed by atoms with van der Waals surface area (Å²) in [6.45, 7) is 1.95. The summed E-state index contributed by atoms with van der Waals surface area (Å²) in [5.41, 5.74) is 0.490. The van der Waals surface area contributed by atoms with Gasteiger partial charge < -0.3 is 0 Å². The van der Waals surface area contributed by atoms with Crippen LogP contribution in [-0.4, -0.2) is 14.2 Å². The van der Waals surface area contributed by atoms with Gasteiger partial charge in [-0.25, -0.2) is 8.42 Å². The number of rotatable bonds is 5. The van der Waals surface area contributed by atoms with Crippen molar-refractivity contribution in [2.45, 2.75) is 19.8 Å². The van der Waals surface area contributed by atoms with Gasteiger partial charge in [-0.1, -0.05) is 24.9 Å². The van der Waals surface area contributed by atoms with Crippen molar-refractivity contribution in [2.75, 3.05) is 10.5 Å². The van der Waals surface area contributed by atoms with Gasteiger partial charge in [-0.05, 0) is 40.5 Å². The molecule has 0 heterocycles. The first-order chi connectivity index (χ1) is 7.44. The number of benzene rings is 1. The van der Waals surface area contributed by atoms with Gasteiger partial charge in [0.05, 0.1) is 16.5 Å². The molecule has 0 aliphatic carbocycles. The van der Waals surface area contributed by atoms with E-state index in [2.05, 4.69) is 20.7 Å². The lowest BCUT2D eigenvalue weighted by Gasteiger charge is -2.08. The van der Waals surface area contributed by atoms with E-state index < -0.39 is 10.0 Å². The average molecular weight is 327 g/mol. The highest BCUT2D eigenvalue weighted by atomic mass is 79.9. The van der Waals surface area contributed by atoms with Crippen molar-refractivity contribution in [3.05, 3.63) is 27.7 Å². The van der Waals surface area contributed by atoms with Crippen molar-refractivity contribution in [1.29, 1.82) is 0 Å². The number of hydrogen-bond donors (Lipinski definition) is 1. The molecule has 0 unspecified atom stereocenters. The molecule has 0 aliphatic heterocycles. The maximum absolute atomic E-state index is 11.6. The lowest BCUT2D eigenvalue weighted by atomic mass is 10.3. The highest BCUT2D eigenvalue weighted by Crippen LogP contribution is 2.26. The molecule has 0 radical (unpaired) electrons. The minimum atomic E-state index is -3.25. The smallest absolute Gasteiger partial charge is 0.232 e. The van der Waals surface area contributed by atoms with Crippen LogP contribution in [0.5, 0.6) is 0 Å². The SMILES string of the molecule is CCCCS(=O)(=O)Nc1ccc(Br)c(Cl)c1. The summed E-state index contributed by atoms with van der Waals surface area (Å²) in [5.74, 6) is 0.136. The molecule has 0 bridgehead atoms. The third-order valence-corrected chi connectivity index (χ3v) is 4.56. The number of unbranched alkanes of at least 4 members (excludes halogenated alkanes) is 1. The summed E-state index contributed by atoms with van der Waals surface area (Å²) in [7, 11) is -3.25. The number of nitrogens with one attached hydrogen (secondary N) is 1. The number of sulfonamides is 1. The Morgan fingerprint density at radius 2 is 2.12 bits per heavy atom. The highest BCUT2D eigenvalue weighted by molar-refractivity contribution is 9.10. The fourth-order valence-electron chi connectivity index (χ4n) is 1.12. The monoisotopic (exact) mass is 325 g/mol. The lowest BCUT2D eigenvalue weighted by molar-refractivity contribution is 0.598. The quantitative estimate of drug-likeness (QED) is 0.898. The molecule has 3 nitrogen and oxygen atoms in total. The van der Waals surface area contributed by atoms with Crippen LogP contribution in [0, 0.1) is 0 Å². The molecule has 0 spiro atoms. The Kier molecular flexibility index (Phi) is 5.08. The Bertz CT molecular complexity index is 462. The van der Waals surface area contributed by atoms with Crippen LogP contribution in [0.2, 0.25) is 5.02 Å². The molecule has 16 heavy (non-hydrogen) atoms. The van der Waals surface area contributed by atoms with E-state index >= 15 is 0 Å². The molecule has 0 atom stereocenters. The van der Waals surface area contributed by atoms with E-state index in [4.69, 9.17) is 11.6 Å². The predicted octanol–water partition coefficient (Wildman–Crippen LogP) is 3.64. The Hall–Kier alpha value is -0.260. The van der Waals surface area contributed by atoms with E-state index in [1.165, 1.54) is 0 Å². The summed E-state index contributed by atoms with van der Waals surface area (Å²) >= 11 is 9.11. The molecule has 1 aromatic carbocycles. The number of hydrogen-bond acceptors (Lipinski definition) is 2. The van der Waals surface area contributed by atoms with Crippen molar-refractivity contribution >= 4 is 43.2 Å². The third kappa shape index (κ3) is 4.31. The molecule has 0 amide bonds. The van der Waals surface area contributed by atoms with Crippen LogP contribution in [-0.2, 0) is 10.0 Å². The van der Waals surface area contributed by atoms with Gasteiger partial charge in [-0.2, -0.15) is 0 Å². The molecule has 0 aliphatic rings. The van der Waals surface area contributed by atoms with Crippen LogP contribution < -0.4 is 4.72 Å². The molecule has 0 fully saturated rings. The van der Waals surface area contributed by atoms with E-state index in [1.807, 2.05) is 6.92 Å². The fourth-order valence-corrected chi connectivity index (χ4v) is 2.81. The largest absolute Gasteiger partial charge is 0.284 e. The van der Waals surface area contributed by atoms with Crippen molar-refractivity contribution in [1.82, 2.24) is 0 Å². The van der Waals surface area contributed by atoms with E-state index in [0.29, 0.717) is 17.1 Å². The Morgan fingerprint density at radius 3 is 2.69 bits per heavy atom. The molecule has 90 valence electrons. The Balaban J connectivity index is 2.76. The minimum absolute atomic E-state index is 0.136. The summed E-state index contributed by atoms with van der Waals surface area (Å²) in [6.07, 6.45) is 1.50. The molecule has 1 rings (SSSR count). The zero-order valence-corrected chi connectivity index (χ0v) is 12.0. The van der Waals surface area contributed by atoms with Gasteiger partial charge in [-0.15, -0.1) is 0 Å². The van der Waals surface area contributed by atoms with Crippen LogP contribution in [0.1, 0.15) is 19.8 Å². The Labute approximate surface area is 109 Å². The summed E-state index contributed by atoms with van der Waals surface area (Å²) in [5, 5.41) is 0.482. The molecular formula is C10H13BrClNO2S. The van der Waals surface area contributed by atoms with Gasteiger partial charge in [0.1, 0.15) is 0 Å². The van der Waals surface area contributed by atoms with Crippen LogP contribution in [0.25, 0.3) is 0 Å². The first kappa shape index (κ1) is 13.8. The predicted molar refractivity (Wildman–Crippen MR) is 71.5 cm³/mol. The van der Waals surface area contributed by atoms with Gasteiger partial charge in [0.2, 0.25) is 10.0 Å². The zero-order valence-electron chi connectivity index (χ0n) is 8.83. The van der Waals surface area contributed by atoms with Crippen molar-refractivity contribution in [3.8, 4) is 0 Å². The van der Waals surface area contributed by atoms with Gasteiger partial charge in [0, 0.05) is 4.47 Å². The first-order valence-electron chi connectivity index (χ1n) is 4.90. The third-order valence-electron chi connectivity index (χ3n) is 1.96. The van der Waals surface area contributed by atoms with E-state index in [-0.39, 0.29) is 5.75 Å². The van der Waals surface area contributed by atoms with Crippen LogP contribution in [0.4, 0.5) is 5.69 Å². The molecule has 1 N–H and O–H groups in total. The van der Waals surface area contributed by atoms with Crippen molar-refractivity contribution < 1.29 is 8.42 Å². The number of anilines is 1. The standard InChI is InChI=1S/C10H13BrClNO2S/c1-2-3-6-16(14,15)13-8-4-5-9(11)10(12)7-8/h4-5,7,13H,2-3,6H2,1H3. The molecule has 0 aromatic heterocycles. The maximum atomic E-state index is 11.6. The minimum Gasteiger partial charge on any atom is -0.284 e. The fraction of sp³-hybridized carbons (Fsp3) is 0.400. The van der Waals surface area contributed by atoms with Crippen molar-refractivity contribution in [2.24, 2.45) is 0 Å². The molecular weight excluding hydrogens is 314 g/mol. The van der Waals surface area contributed by atoms with Gasteiger partial charge in [0.15, 0.2) is 0 Å². The van der Waals surface area contributed by atoms with Crippen LogP contribution >= 0.6 is 27.5 Å². The molecule has 0 saturated heterocycles. The van der Waals surface area contributed by atoms with Crippen LogP contribution in [0.3, 0.4) is 0 Å². The molecule has 0 saturated carbocycles. The average Bonchev–Trinajstić information content (AvgIpc) is 2.20. The van der Waals surface area contributed by atoms with E-state index in [9.17, 15) is 8.42 Å². The highest BCUT2D eigenvalue weighted by Gasteiger charge is 2.10. The summed E-state index contributed by atoms with van der Waals surface area (Å²) in [6, 6.07) is 4.95. The zero-order chi connectivity index (χ0) is 12.2. The summed E-state index contributed by atoms with van der Waals surface area (Å²) in [4.78, 5) is 0. The van der Waals surface area contributed by atoms with Gasteiger partial charge in [-0.3, -0.25) is 4.72 Å². The molecule has 1 aromatic rings. The van der Waals surface area contributed by atoms with Crippen molar-refractivity contribution in [3.63, 3.8) is 0 Å². The van der Waals surface area contributed by atoms with E-state index in [0.717, 1.165) is 10.9 Å². The van der Waals surface area contributed by atoms with E-state index in [1.54, 1.807) is 18.2 Å². The summed E-state index contributed by atoms with van der Waals surface area (Å²) < 4.78 is 26.4. The van der Waals surface area contributed by atoms with Gasteiger partial charge in [0.25, 0.3) is 0 Å². The first-order valence-corrected chi connectivity index (χ1v) is 7.72. The Morgan fingerprint density at radius 1 is 1.44 bits per heavy atom. The maximum Gasteiger partial charge on any atom is 0.232 e. The lowest BCUT2D eigenvalue weighted by Crippen LogP contribution is -2.16. The van der Waals surface area contributed by atoms with Gasteiger partial charge >= 0.3 is 0 Å². The number of halogens is 2. The van der Waals surface area contributed by atoms with Crippen LogP contribution in [0.15, 0.2) is 22.7 Å². The second kappa shape index (κ2) is 5.89.